The molecule has 0 aromatic heterocycles. The Morgan fingerprint density at radius 3 is 1.27 bits per heavy atom. The molecule has 1 heteroatoms. The number of fused-ring (bicyclic) bond motifs is 7. The first kappa shape index (κ1) is 34.5. The molecule has 59 heavy (non-hydrogen) atoms. The molecule has 0 fully saturated rings. The third-order valence-electron chi connectivity index (χ3n) is 11.8. The lowest BCUT2D eigenvalue weighted by Crippen LogP contribution is -2.10. The van der Waals surface area contributed by atoms with Gasteiger partial charge in [-0.3, -0.25) is 0 Å². The molecule has 11 aromatic rings. The van der Waals surface area contributed by atoms with E-state index < -0.39 is 0 Å². The van der Waals surface area contributed by atoms with Crippen molar-refractivity contribution >= 4 is 60.2 Å². The van der Waals surface area contributed by atoms with Crippen LogP contribution in [-0.4, -0.2) is 0 Å². The van der Waals surface area contributed by atoms with Gasteiger partial charge in [-0.1, -0.05) is 188 Å². The Labute approximate surface area is 344 Å². The standard InChI is InChI=1S/C58H39N/c1-2-13-40(14-3-1)44-17-10-18-45(37-44)41-27-32-48(33-28-41)59(50-20-11-19-47(38-50)52-26-12-16-43-15-4-5-21-51(43)52)49-34-29-42(30-35-49)46-31-36-57-55-24-7-6-22-53(55)54-23-8-9-25-56(54)58(57)39-46/h1-39H. The highest BCUT2D eigenvalue weighted by molar-refractivity contribution is 6.25. The maximum atomic E-state index is 2.38. The molecule has 0 saturated carbocycles. The van der Waals surface area contributed by atoms with Crippen LogP contribution in [0.3, 0.4) is 0 Å². The van der Waals surface area contributed by atoms with Crippen LogP contribution in [0.1, 0.15) is 0 Å². The molecule has 11 rings (SSSR count). The largest absolute Gasteiger partial charge is 0.310 e. The summed E-state index contributed by atoms with van der Waals surface area (Å²) in [5, 5.41) is 10.2. The van der Waals surface area contributed by atoms with Crippen LogP contribution in [0, 0.1) is 0 Å². The van der Waals surface area contributed by atoms with Crippen LogP contribution in [0.5, 0.6) is 0 Å². The number of nitrogens with zero attached hydrogens (tertiary/aromatic N) is 1. The van der Waals surface area contributed by atoms with Crippen LogP contribution in [0.25, 0.3) is 87.6 Å². The minimum atomic E-state index is 1.10. The van der Waals surface area contributed by atoms with Crippen LogP contribution in [-0.2, 0) is 0 Å². The topological polar surface area (TPSA) is 3.24 Å². The van der Waals surface area contributed by atoms with Crippen molar-refractivity contribution in [2.45, 2.75) is 0 Å². The number of hydrogen-bond acceptors (Lipinski definition) is 1. The van der Waals surface area contributed by atoms with Crippen molar-refractivity contribution in [2.24, 2.45) is 0 Å². The van der Waals surface area contributed by atoms with Crippen LogP contribution < -0.4 is 4.90 Å². The molecular formula is C58H39N. The van der Waals surface area contributed by atoms with Gasteiger partial charge in [0.25, 0.3) is 0 Å². The first-order chi connectivity index (χ1) is 29.2. The first-order valence-corrected chi connectivity index (χ1v) is 20.3. The highest BCUT2D eigenvalue weighted by atomic mass is 15.1. The van der Waals surface area contributed by atoms with Gasteiger partial charge in [0.15, 0.2) is 0 Å². The number of benzene rings is 11. The van der Waals surface area contributed by atoms with Gasteiger partial charge in [0.1, 0.15) is 0 Å². The zero-order valence-corrected chi connectivity index (χ0v) is 32.5. The van der Waals surface area contributed by atoms with Crippen LogP contribution in [0.15, 0.2) is 237 Å². The van der Waals surface area contributed by atoms with E-state index >= 15 is 0 Å². The molecule has 0 aliphatic heterocycles. The lowest BCUT2D eigenvalue weighted by Gasteiger charge is -2.26. The molecule has 0 spiro atoms. The number of rotatable bonds is 7. The molecule has 0 bridgehead atoms. The summed E-state index contributed by atoms with van der Waals surface area (Å²) < 4.78 is 0. The Bertz CT molecular complexity index is 3270. The predicted molar refractivity (Wildman–Crippen MR) is 253 cm³/mol. The molecule has 0 aliphatic rings. The lowest BCUT2D eigenvalue weighted by atomic mass is 9.92. The molecule has 0 saturated heterocycles. The summed E-state index contributed by atoms with van der Waals surface area (Å²) in [5.41, 5.74) is 12.9. The Hall–Kier alpha value is -7.74. The van der Waals surface area contributed by atoms with Crippen LogP contribution in [0.4, 0.5) is 17.1 Å². The third kappa shape index (κ3) is 6.30. The monoisotopic (exact) mass is 749 g/mol. The highest BCUT2D eigenvalue weighted by Crippen LogP contribution is 2.41. The van der Waals surface area contributed by atoms with Gasteiger partial charge in [0.05, 0.1) is 0 Å². The summed E-state index contributed by atoms with van der Waals surface area (Å²) in [4.78, 5) is 2.38. The van der Waals surface area contributed by atoms with E-state index in [1.54, 1.807) is 0 Å². The van der Waals surface area contributed by atoms with Gasteiger partial charge in [-0.15, -0.1) is 0 Å². The zero-order chi connectivity index (χ0) is 39.1. The zero-order valence-electron chi connectivity index (χ0n) is 32.5. The van der Waals surface area contributed by atoms with Crippen molar-refractivity contribution in [2.75, 3.05) is 4.90 Å². The summed E-state index contributed by atoms with van der Waals surface area (Å²) in [6, 6.07) is 86.2. The maximum Gasteiger partial charge on any atom is 0.0467 e. The Morgan fingerprint density at radius 1 is 0.203 bits per heavy atom. The second-order valence-corrected chi connectivity index (χ2v) is 15.3. The van der Waals surface area contributed by atoms with Crippen molar-refractivity contribution in [1.29, 1.82) is 0 Å². The second-order valence-electron chi connectivity index (χ2n) is 15.3. The summed E-state index contributed by atoms with van der Waals surface area (Å²) in [7, 11) is 0. The van der Waals surface area contributed by atoms with Gasteiger partial charge in [-0.05, 0) is 136 Å². The fraction of sp³-hybridized carbons (Fsp3) is 0. The molecule has 276 valence electrons. The molecule has 0 amide bonds. The Balaban J connectivity index is 1.01. The second kappa shape index (κ2) is 14.6. The van der Waals surface area contributed by atoms with E-state index in [0.717, 1.165) is 17.1 Å². The van der Waals surface area contributed by atoms with E-state index in [9.17, 15) is 0 Å². The van der Waals surface area contributed by atoms with Crippen molar-refractivity contribution in [3.8, 4) is 44.5 Å². The smallest absolute Gasteiger partial charge is 0.0467 e. The molecular weight excluding hydrogens is 711 g/mol. The van der Waals surface area contributed by atoms with E-state index in [2.05, 4.69) is 241 Å². The lowest BCUT2D eigenvalue weighted by molar-refractivity contribution is 1.28. The average Bonchev–Trinajstić information content (AvgIpc) is 3.32. The van der Waals surface area contributed by atoms with Gasteiger partial charge in [-0.25, -0.2) is 0 Å². The number of hydrogen-bond donors (Lipinski definition) is 0. The predicted octanol–water partition coefficient (Wildman–Crippen LogP) is 16.4. The quantitative estimate of drug-likeness (QED) is 0.147. The molecule has 0 N–H and O–H groups in total. The first-order valence-electron chi connectivity index (χ1n) is 20.3. The minimum Gasteiger partial charge on any atom is -0.310 e. The van der Waals surface area contributed by atoms with Gasteiger partial charge in [-0.2, -0.15) is 0 Å². The van der Waals surface area contributed by atoms with E-state index in [4.69, 9.17) is 0 Å². The Morgan fingerprint density at radius 2 is 0.627 bits per heavy atom. The van der Waals surface area contributed by atoms with E-state index in [0.29, 0.717) is 0 Å². The Kier molecular flexibility index (Phi) is 8.56. The maximum absolute atomic E-state index is 2.38. The van der Waals surface area contributed by atoms with E-state index in [1.807, 2.05) is 0 Å². The van der Waals surface area contributed by atoms with Gasteiger partial charge < -0.3 is 4.90 Å². The molecule has 11 aromatic carbocycles. The summed E-state index contributed by atoms with van der Waals surface area (Å²) in [6.45, 7) is 0. The third-order valence-corrected chi connectivity index (χ3v) is 11.8. The fourth-order valence-electron chi connectivity index (χ4n) is 8.94. The highest BCUT2D eigenvalue weighted by Gasteiger charge is 2.16. The van der Waals surface area contributed by atoms with Crippen molar-refractivity contribution < 1.29 is 0 Å². The van der Waals surface area contributed by atoms with E-state index in [-0.39, 0.29) is 0 Å². The van der Waals surface area contributed by atoms with Crippen molar-refractivity contribution in [3.63, 3.8) is 0 Å². The average molecular weight is 750 g/mol. The molecule has 0 unspecified atom stereocenters. The molecule has 0 aliphatic carbocycles. The fourth-order valence-corrected chi connectivity index (χ4v) is 8.94. The summed E-state index contributed by atoms with van der Waals surface area (Å²) in [5.74, 6) is 0. The van der Waals surface area contributed by atoms with Crippen LogP contribution >= 0.6 is 0 Å². The van der Waals surface area contributed by atoms with Crippen LogP contribution in [0.2, 0.25) is 0 Å². The van der Waals surface area contributed by atoms with Crippen molar-refractivity contribution in [1.82, 2.24) is 0 Å². The van der Waals surface area contributed by atoms with Gasteiger partial charge in [0, 0.05) is 17.1 Å². The SMILES string of the molecule is c1ccc(-c2cccc(-c3ccc(N(c4ccc(-c5ccc6c7ccccc7c7ccccc7c6c5)cc4)c4cccc(-c5cccc6ccccc56)c4)cc3)c2)cc1. The van der Waals surface area contributed by atoms with Gasteiger partial charge >= 0.3 is 0 Å². The molecule has 1 nitrogen and oxygen atoms in total. The molecule has 0 atom stereocenters. The summed E-state index contributed by atoms with van der Waals surface area (Å²) in [6.07, 6.45) is 0. The minimum absolute atomic E-state index is 1.10. The van der Waals surface area contributed by atoms with Crippen molar-refractivity contribution in [3.05, 3.63) is 237 Å². The normalized spacial score (nSPS) is 11.4. The summed E-state index contributed by atoms with van der Waals surface area (Å²) >= 11 is 0. The van der Waals surface area contributed by atoms with E-state index in [1.165, 1.54) is 87.6 Å². The molecule has 0 heterocycles. The number of anilines is 3. The van der Waals surface area contributed by atoms with Gasteiger partial charge in [0.2, 0.25) is 0 Å². The molecule has 0 radical (unpaired) electrons.